The molecule has 1 rings (SSSR count). The first-order valence-corrected chi connectivity index (χ1v) is 9.00. The predicted molar refractivity (Wildman–Crippen MR) is 70.7 cm³/mol. The molecule has 1 heterocycles. The summed E-state index contributed by atoms with van der Waals surface area (Å²) in [6, 6.07) is -0.324. The number of rotatable bonds is 3. The maximum absolute atomic E-state index is 11.4. The van der Waals surface area contributed by atoms with Crippen LogP contribution in [0.25, 0.3) is 5.32 Å². The number of hydrogen-bond donors (Lipinski definition) is 0. The Morgan fingerprint density at radius 3 is 2.41 bits per heavy atom. The highest BCUT2D eigenvalue weighted by atomic mass is 28.4. The van der Waals surface area contributed by atoms with Crippen LogP contribution in [0.1, 0.15) is 27.2 Å². The molecule has 2 atom stereocenters. The summed E-state index contributed by atoms with van der Waals surface area (Å²) < 4.78 is 10.9. The quantitative estimate of drug-likeness (QED) is 0.577. The van der Waals surface area contributed by atoms with Gasteiger partial charge in [0.15, 0.2) is 8.32 Å². The lowest BCUT2D eigenvalue weighted by molar-refractivity contribution is -0.141. The maximum Gasteiger partial charge on any atom is 0.287 e. The van der Waals surface area contributed by atoms with Crippen molar-refractivity contribution in [3.63, 3.8) is 0 Å². The molecule has 0 radical (unpaired) electrons. The molecule has 5 heteroatoms. The molecule has 0 aromatic rings. The van der Waals surface area contributed by atoms with E-state index < -0.39 is 8.32 Å². The number of esters is 1. The van der Waals surface area contributed by atoms with Crippen molar-refractivity contribution >= 4 is 14.3 Å². The van der Waals surface area contributed by atoms with E-state index in [2.05, 4.69) is 39.2 Å². The standard InChI is InChI=1S/C12H24NO3Si/c1-12(2,3)17(5,6)16-9-7-10(13-8-9)11(14)15-4/h9-10H,7-8H2,1-6H3/q-1/t9-,10+/m1/s1. The highest BCUT2D eigenvalue weighted by Crippen LogP contribution is 2.39. The van der Waals surface area contributed by atoms with Gasteiger partial charge in [0.25, 0.3) is 5.97 Å². The van der Waals surface area contributed by atoms with Gasteiger partial charge in [-0.15, -0.1) is 6.54 Å². The summed E-state index contributed by atoms with van der Waals surface area (Å²) in [7, 11) is -0.354. The number of carbonyl (C=O) groups excluding carboxylic acids is 1. The number of ether oxygens (including phenoxy) is 1. The zero-order chi connectivity index (χ0) is 13.3. The van der Waals surface area contributed by atoms with E-state index in [0.29, 0.717) is 13.0 Å². The average Bonchev–Trinajstić information content (AvgIpc) is 2.62. The van der Waals surface area contributed by atoms with Crippen molar-refractivity contribution in [1.82, 2.24) is 0 Å². The van der Waals surface area contributed by atoms with Gasteiger partial charge in [-0.25, -0.2) is 0 Å². The molecule has 0 bridgehead atoms. The van der Waals surface area contributed by atoms with Gasteiger partial charge in [0.1, 0.15) is 0 Å². The van der Waals surface area contributed by atoms with E-state index in [1.807, 2.05) is 0 Å². The van der Waals surface area contributed by atoms with Crippen LogP contribution in [-0.4, -0.2) is 40.1 Å². The van der Waals surface area contributed by atoms with E-state index in [1.54, 1.807) is 0 Å². The summed E-state index contributed by atoms with van der Waals surface area (Å²) >= 11 is 0. The average molecular weight is 258 g/mol. The van der Waals surface area contributed by atoms with Gasteiger partial charge >= 0.3 is 0 Å². The third kappa shape index (κ3) is 3.53. The molecule has 100 valence electrons. The fraction of sp³-hybridized carbons (Fsp3) is 0.917. The van der Waals surface area contributed by atoms with Crippen molar-refractivity contribution in [2.75, 3.05) is 13.7 Å². The molecule has 0 spiro atoms. The highest BCUT2D eigenvalue weighted by Gasteiger charge is 2.39. The van der Waals surface area contributed by atoms with Crippen molar-refractivity contribution in [2.45, 2.75) is 57.5 Å². The molecule has 0 amide bonds. The smallest absolute Gasteiger partial charge is 0.287 e. The third-order valence-corrected chi connectivity index (χ3v) is 8.29. The minimum absolute atomic E-state index is 0.0833. The SMILES string of the molecule is COC(=O)[C@@H]1C[C@@H](O[Si](C)(C)C(C)(C)C)C[N-]1. The van der Waals surface area contributed by atoms with Gasteiger partial charge < -0.3 is 14.5 Å². The minimum Gasteiger partial charge on any atom is -0.648 e. The van der Waals surface area contributed by atoms with Crippen LogP contribution in [0.15, 0.2) is 0 Å². The monoisotopic (exact) mass is 258 g/mol. The largest absolute Gasteiger partial charge is 0.648 e. The van der Waals surface area contributed by atoms with Crippen LogP contribution in [0.2, 0.25) is 18.1 Å². The lowest BCUT2D eigenvalue weighted by atomic mass is 10.2. The minimum atomic E-state index is -1.76. The van der Waals surface area contributed by atoms with E-state index in [9.17, 15) is 4.79 Å². The third-order valence-electron chi connectivity index (χ3n) is 3.76. The Balaban J connectivity index is 2.53. The number of nitrogens with zero attached hydrogens (tertiary/aromatic N) is 1. The molecular weight excluding hydrogens is 234 g/mol. The molecule has 0 aromatic carbocycles. The Bertz CT molecular complexity index is 286. The fourth-order valence-corrected chi connectivity index (χ4v) is 2.99. The zero-order valence-corrected chi connectivity index (χ0v) is 12.7. The van der Waals surface area contributed by atoms with Gasteiger partial charge in [-0.2, -0.15) is 0 Å². The first-order chi connectivity index (χ1) is 7.67. The summed E-state index contributed by atoms with van der Waals surface area (Å²) in [4.78, 5) is 11.4. The Hall–Kier alpha value is -0.393. The van der Waals surface area contributed by atoms with Crippen molar-refractivity contribution in [2.24, 2.45) is 0 Å². The van der Waals surface area contributed by atoms with E-state index in [0.717, 1.165) is 0 Å². The van der Waals surface area contributed by atoms with E-state index in [4.69, 9.17) is 9.16 Å². The lowest BCUT2D eigenvalue weighted by Crippen LogP contribution is -2.44. The van der Waals surface area contributed by atoms with Gasteiger partial charge in [-0.05, 0) is 30.6 Å². The second-order valence-electron chi connectivity index (χ2n) is 6.14. The first kappa shape index (κ1) is 14.7. The molecular formula is C12H24NO3Si-. The summed E-state index contributed by atoms with van der Waals surface area (Å²) in [6.45, 7) is 11.7. The topological polar surface area (TPSA) is 49.6 Å². The Morgan fingerprint density at radius 1 is 1.35 bits per heavy atom. The molecule has 0 N–H and O–H groups in total. The van der Waals surface area contributed by atoms with E-state index in [1.165, 1.54) is 7.11 Å². The van der Waals surface area contributed by atoms with Crippen LogP contribution in [0.5, 0.6) is 0 Å². The van der Waals surface area contributed by atoms with Crippen LogP contribution < -0.4 is 0 Å². The number of methoxy groups -OCH3 is 1. The van der Waals surface area contributed by atoms with Gasteiger partial charge in [0.2, 0.25) is 0 Å². The summed E-state index contributed by atoms with van der Waals surface area (Å²) in [5.74, 6) is -0.244. The molecule has 1 fully saturated rings. The van der Waals surface area contributed by atoms with E-state index in [-0.39, 0.29) is 23.2 Å². The van der Waals surface area contributed by atoms with Crippen molar-refractivity contribution in [3.8, 4) is 0 Å². The second-order valence-corrected chi connectivity index (χ2v) is 10.9. The Morgan fingerprint density at radius 2 is 1.94 bits per heavy atom. The second kappa shape index (κ2) is 5.08. The molecule has 1 aliphatic rings. The van der Waals surface area contributed by atoms with Crippen LogP contribution in [0.4, 0.5) is 0 Å². The normalized spacial score (nSPS) is 26.0. The molecule has 17 heavy (non-hydrogen) atoms. The zero-order valence-electron chi connectivity index (χ0n) is 11.7. The van der Waals surface area contributed by atoms with E-state index >= 15 is 0 Å². The molecule has 4 nitrogen and oxygen atoms in total. The predicted octanol–water partition coefficient (Wildman–Crippen LogP) is 2.70. The molecule has 0 unspecified atom stereocenters. The molecule has 0 aliphatic carbocycles. The van der Waals surface area contributed by atoms with Crippen LogP contribution in [-0.2, 0) is 14.0 Å². The summed E-state index contributed by atoms with van der Waals surface area (Å²) in [5, 5.41) is 4.47. The van der Waals surface area contributed by atoms with Crippen molar-refractivity contribution in [1.29, 1.82) is 0 Å². The first-order valence-electron chi connectivity index (χ1n) is 6.09. The molecule has 0 aromatic heterocycles. The number of carbonyl (C=O) groups is 1. The Labute approximate surface area is 105 Å². The van der Waals surface area contributed by atoms with Crippen LogP contribution in [0.3, 0.4) is 0 Å². The van der Waals surface area contributed by atoms with Gasteiger partial charge in [0, 0.05) is 6.10 Å². The maximum atomic E-state index is 11.4. The highest BCUT2D eigenvalue weighted by molar-refractivity contribution is 6.74. The van der Waals surface area contributed by atoms with Gasteiger partial charge in [0.05, 0.1) is 7.11 Å². The van der Waals surface area contributed by atoms with Crippen molar-refractivity contribution < 1.29 is 14.0 Å². The summed E-state index contributed by atoms with van der Waals surface area (Å²) in [5.41, 5.74) is 0. The molecule has 0 saturated carbocycles. The lowest BCUT2D eigenvalue weighted by Gasteiger charge is -2.39. The van der Waals surface area contributed by atoms with Crippen LogP contribution in [0, 0.1) is 0 Å². The summed E-state index contributed by atoms with van der Waals surface area (Å²) in [6.07, 6.45) is 0.749. The number of hydrogen-bond acceptors (Lipinski definition) is 3. The fourth-order valence-electron chi connectivity index (χ4n) is 1.63. The van der Waals surface area contributed by atoms with Gasteiger partial charge in [-0.1, -0.05) is 20.8 Å². The molecule has 1 aliphatic heterocycles. The van der Waals surface area contributed by atoms with Gasteiger partial charge in [-0.3, -0.25) is 4.79 Å². The Kier molecular flexibility index (Phi) is 4.38. The molecule has 1 saturated heterocycles. The van der Waals surface area contributed by atoms with Crippen LogP contribution >= 0.6 is 0 Å². The van der Waals surface area contributed by atoms with Crippen molar-refractivity contribution in [3.05, 3.63) is 5.32 Å².